The maximum atomic E-state index is 13.1. The number of hydrogen-bond donors (Lipinski definition) is 2. The zero-order chi connectivity index (χ0) is 22.7. The van der Waals surface area contributed by atoms with Gasteiger partial charge in [-0.05, 0) is 48.2 Å². The average Bonchev–Trinajstić information content (AvgIpc) is 2.81. The molecule has 2 N–H and O–H groups in total. The first-order chi connectivity index (χ1) is 15.4. The van der Waals surface area contributed by atoms with E-state index < -0.39 is 6.04 Å². The van der Waals surface area contributed by atoms with Crippen LogP contribution >= 0.6 is 0 Å². The highest BCUT2D eigenvalue weighted by atomic mass is 16.5. The van der Waals surface area contributed by atoms with E-state index in [9.17, 15) is 9.59 Å². The number of methoxy groups -OCH3 is 1. The SMILES string of the molecule is COc1ccc2c(c1)C[C@@H](C(=O)N[C@@H](c1cc(=O)[nH]c(-c3ccccn3)n1)C(C)C)CO2. The van der Waals surface area contributed by atoms with E-state index >= 15 is 0 Å². The molecule has 3 aromatic rings. The first-order valence-corrected chi connectivity index (χ1v) is 10.6. The molecule has 3 heterocycles. The minimum atomic E-state index is -0.432. The fourth-order valence-electron chi connectivity index (χ4n) is 3.78. The number of carbonyl (C=O) groups is 1. The lowest BCUT2D eigenvalue weighted by Crippen LogP contribution is -2.41. The van der Waals surface area contributed by atoms with E-state index in [1.54, 1.807) is 25.4 Å². The summed E-state index contributed by atoms with van der Waals surface area (Å²) in [5.74, 6) is 1.39. The van der Waals surface area contributed by atoms with Gasteiger partial charge in [-0.25, -0.2) is 4.98 Å². The topological polar surface area (TPSA) is 106 Å². The van der Waals surface area contributed by atoms with Crippen LogP contribution in [0.4, 0.5) is 0 Å². The Balaban J connectivity index is 1.56. The summed E-state index contributed by atoms with van der Waals surface area (Å²) in [6.45, 7) is 4.25. The second-order valence-electron chi connectivity index (χ2n) is 8.15. The smallest absolute Gasteiger partial charge is 0.251 e. The van der Waals surface area contributed by atoms with Crippen LogP contribution in [0.15, 0.2) is 53.5 Å². The molecule has 1 amide bonds. The minimum absolute atomic E-state index is 0.0155. The predicted octanol–water partition coefficient (Wildman–Crippen LogP) is 2.91. The Morgan fingerprint density at radius 1 is 1.25 bits per heavy atom. The maximum absolute atomic E-state index is 13.1. The van der Waals surface area contributed by atoms with Gasteiger partial charge in [-0.3, -0.25) is 14.6 Å². The van der Waals surface area contributed by atoms with Gasteiger partial charge in [0.05, 0.1) is 24.8 Å². The van der Waals surface area contributed by atoms with Crippen LogP contribution in [0.3, 0.4) is 0 Å². The highest BCUT2D eigenvalue weighted by molar-refractivity contribution is 5.80. The van der Waals surface area contributed by atoms with Crippen LogP contribution in [0.1, 0.15) is 31.1 Å². The lowest BCUT2D eigenvalue weighted by molar-refractivity contribution is -0.127. The minimum Gasteiger partial charge on any atom is -0.497 e. The van der Waals surface area contributed by atoms with Gasteiger partial charge in [0.25, 0.3) is 5.56 Å². The van der Waals surface area contributed by atoms with Gasteiger partial charge in [-0.2, -0.15) is 0 Å². The van der Waals surface area contributed by atoms with Crippen LogP contribution < -0.4 is 20.3 Å². The summed E-state index contributed by atoms with van der Waals surface area (Å²) >= 11 is 0. The van der Waals surface area contributed by atoms with Gasteiger partial charge < -0.3 is 19.8 Å². The molecule has 2 aromatic heterocycles. The molecule has 1 aliphatic rings. The van der Waals surface area contributed by atoms with Crippen molar-refractivity contribution in [2.45, 2.75) is 26.3 Å². The quantitative estimate of drug-likeness (QED) is 0.618. The number of rotatable bonds is 6. The number of H-pyrrole nitrogens is 1. The molecule has 0 radical (unpaired) electrons. The molecule has 0 unspecified atom stereocenters. The maximum Gasteiger partial charge on any atom is 0.251 e. The average molecular weight is 434 g/mol. The molecule has 8 heteroatoms. The summed E-state index contributed by atoms with van der Waals surface area (Å²) in [7, 11) is 1.61. The van der Waals surface area contributed by atoms with Crippen molar-refractivity contribution in [3.8, 4) is 23.0 Å². The van der Waals surface area contributed by atoms with Gasteiger partial charge in [0.15, 0.2) is 5.82 Å². The Labute approximate surface area is 186 Å². The van der Waals surface area contributed by atoms with Crippen LogP contribution in [-0.4, -0.2) is 34.6 Å². The number of carbonyl (C=O) groups excluding carboxylic acids is 1. The second kappa shape index (κ2) is 9.21. The van der Waals surface area contributed by atoms with Crippen molar-refractivity contribution in [3.63, 3.8) is 0 Å². The molecule has 32 heavy (non-hydrogen) atoms. The molecule has 1 aromatic carbocycles. The first-order valence-electron chi connectivity index (χ1n) is 10.6. The zero-order valence-corrected chi connectivity index (χ0v) is 18.3. The van der Waals surface area contributed by atoms with Crippen molar-refractivity contribution in [1.82, 2.24) is 20.3 Å². The van der Waals surface area contributed by atoms with Crippen LogP contribution in [0.5, 0.6) is 11.5 Å². The Kier molecular flexibility index (Phi) is 6.20. The molecule has 1 aliphatic heterocycles. The number of fused-ring (bicyclic) bond motifs is 1. The third-order valence-electron chi connectivity index (χ3n) is 5.50. The van der Waals surface area contributed by atoms with Crippen molar-refractivity contribution in [1.29, 1.82) is 0 Å². The summed E-state index contributed by atoms with van der Waals surface area (Å²) in [6, 6.07) is 12.0. The van der Waals surface area contributed by atoms with Gasteiger partial charge in [0, 0.05) is 12.3 Å². The van der Waals surface area contributed by atoms with E-state index in [4.69, 9.17) is 9.47 Å². The summed E-state index contributed by atoms with van der Waals surface area (Å²) in [5, 5.41) is 3.08. The van der Waals surface area contributed by atoms with E-state index in [1.165, 1.54) is 6.07 Å². The summed E-state index contributed by atoms with van der Waals surface area (Å²) in [5.41, 5.74) is 1.70. The van der Waals surface area contributed by atoms with Gasteiger partial charge in [0.1, 0.15) is 23.8 Å². The van der Waals surface area contributed by atoms with Crippen LogP contribution in [0.25, 0.3) is 11.5 Å². The Morgan fingerprint density at radius 2 is 2.09 bits per heavy atom. The molecular formula is C24H26N4O4. The molecule has 0 bridgehead atoms. The van der Waals surface area contributed by atoms with E-state index in [0.717, 1.165) is 17.1 Å². The monoisotopic (exact) mass is 434 g/mol. The third-order valence-corrected chi connectivity index (χ3v) is 5.50. The lowest BCUT2D eigenvalue weighted by Gasteiger charge is -2.28. The molecular weight excluding hydrogens is 408 g/mol. The predicted molar refractivity (Wildman–Crippen MR) is 119 cm³/mol. The van der Waals surface area contributed by atoms with E-state index in [2.05, 4.69) is 20.3 Å². The summed E-state index contributed by atoms with van der Waals surface area (Å²) < 4.78 is 11.1. The first kappa shape index (κ1) is 21.5. The molecule has 0 saturated heterocycles. The fourth-order valence-corrected chi connectivity index (χ4v) is 3.78. The highest BCUT2D eigenvalue weighted by Crippen LogP contribution is 2.31. The fraction of sp³-hybridized carbons (Fsp3) is 0.333. The number of aromatic amines is 1. The van der Waals surface area contributed by atoms with Crippen molar-refractivity contribution < 1.29 is 14.3 Å². The summed E-state index contributed by atoms with van der Waals surface area (Å²) in [6.07, 6.45) is 2.19. The third kappa shape index (κ3) is 4.64. The largest absolute Gasteiger partial charge is 0.497 e. The number of hydrogen-bond acceptors (Lipinski definition) is 6. The molecule has 0 aliphatic carbocycles. The number of pyridine rings is 1. The van der Waals surface area contributed by atoms with Crippen molar-refractivity contribution in [2.75, 3.05) is 13.7 Å². The van der Waals surface area contributed by atoms with Crippen molar-refractivity contribution in [2.24, 2.45) is 11.8 Å². The standard InChI is InChI=1S/C24H26N4O4/c1-14(2)22(19-12-21(29)27-23(26-19)18-6-4-5-9-25-18)28-24(30)16-10-15-11-17(31-3)7-8-20(15)32-13-16/h4-9,11-12,14,16,22H,10,13H2,1-3H3,(H,28,30)(H,26,27,29)/t16-,22-/m1/s1. The second-order valence-corrected chi connectivity index (χ2v) is 8.15. The number of ether oxygens (including phenoxy) is 2. The molecule has 4 rings (SSSR count). The van der Waals surface area contributed by atoms with Crippen LogP contribution in [0.2, 0.25) is 0 Å². The summed E-state index contributed by atoms with van der Waals surface area (Å²) in [4.78, 5) is 37.1. The van der Waals surface area contributed by atoms with Gasteiger partial charge in [0.2, 0.25) is 5.91 Å². The Bertz CT molecular complexity index is 1160. The molecule has 166 valence electrons. The normalized spacial score (nSPS) is 16.1. The Hall–Kier alpha value is -3.68. The van der Waals surface area contributed by atoms with E-state index in [0.29, 0.717) is 23.6 Å². The number of aromatic nitrogens is 3. The molecule has 0 saturated carbocycles. The molecule has 0 fully saturated rings. The van der Waals surface area contributed by atoms with Gasteiger partial charge >= 0.3 is 0 Å². The van der Waals surface area contributed by atoms with Crippen LogP contribution in [0, 0.1) is 11.8 Å². The number of benzene rings is 1. The van der Waals surface area contributed by atoms with Gasteiger partial charge in [-0.15, -0.1) is 0 Å². The van der Waals surface area contributed by atoms with Crippen molar-refractivity contribution in [3.05, 3.63) is 70.3 Å². The van der Waals surface area contributed by atoms with E-state index in [1.807, 2.05) is 38.1 Å². The zero-order valence-electron chi connectivity index (χ0n) is 18.3. The number of nitrogens with one attached hydrogen (secondary N) is 2. The number of nitrogens with zero attached hydrogens (tertiary/aromatic N) is 2. The van der Waals surface area contributed by atoms with Crippen molar-refractivity contribution >= 4 is 5.91 Å². The van der Waals surface area contributed by atoms with E-state index in [-0.39, 0.29) is 29.9 Å². The molecule has 8 nitrogen and oxygen atoms in total. The van der Waals surface area contributed by atoms with Gasteiger partial charge in [-0.1, -0.05) is 19.9 Å². The highest BCUT2D eigenvalue weighted by Gasteiger charge is 2.30. The number of amides is 1. The molecule has 2 atom stereocenters. The van der Waals surface area contributed by atoms with Crippen LogP contribution in [-0.2, 0) is 11.2 Å². The Morgan fingerprint density at radius 3 is 2.81 bits per heavy atom. The molecule has 0 spiro atoms. The lowest BCUT2D eigenvalue weighted by atomic mass is 9.94.